The van der Waals surface area contributed by atoms with E-state index in [0.717, 1.165) is 12.1 Å². The molecule has 1 fully saturated rings. The number of carbonyl (C=O) groups excluding carboxylic acids is 1. The van der Waals surface area contributed by atoms with Crippen LogP contribution in [0, 0.1) is 5.92 Å². The number of amides is 1. The summed E-state index contributed by atoms with van der Waals surface area (Å²) in [5.74, 6) is 0.0582. The lowest BCUT2D eigenvalue weighted by molar-refractivity contribution is 0.0756. The molecule has 2 aromatic rings. The minimum Gasteiger partial charge on any atom is -0.393 e. The monoisotopic (exact) mass is 319 g/mol. The summed E-state index contributed by atoms with van der Waals surface area (Å²) in [7, 11) is 0. The Morgan fingerprint density at radius 1 is 1.45 bits per heavy atom. The van der Waals surface area contributed by atoms with E-state index in [0.29, 0.717) is 23.8 Å². The first-order valence-electron chi connectivity index (χ1n) is 7.33. The molecule has 1 aromatic heterocycles. The first-order valence-corrected chi connectivity index (χ1v) is 7.71. The number of aromatic nitrogens is 2. The second kappa shape index (κ2) is 6.10. The van der Waals surface area contributed by atoms with Crippen LogP contribution in [0.2, 0.25) is 5.02 Å². The predicted molar refractivity (Wildman–Crippen MR) is 84.3 cm³/mol. The Bertz CT molecular complexity index is 684. The number of nitrogens with zero attached hydrogens (tertiary/aromatic N) is 3. The van der Waals surface area contributed by atoms with Gasteiger partial charge in [-0.15, -0.1) is 0 Å². The van der Waals surface area contributed by atoms with Crippen molar-refractivity contribution >= 4 is 17.5 Å². The van der Waals surface area contributed by atoms with Crippen LogP contribution in [0.25, 0.3) is 5.69 Å². The third kappa shape index (κ3) is 3.00. The lowest BCUT2D eigenvalue weighted by Crippen LogP contribution is -2.30. The fraction of sp³-hybridized carbons (Fsp3) is 0.375. The fourth-order valence-corrected chi connectivity index (χ4v) is 2.91. The number of likely N-dealkylation sites (tertiary alicyclic amines) is 1. The topological polar surface area (TPSA) is 58.4 Å². The maximum absolute atomic E-state index is 12.5. The van der Waals surface area contributed by atoms with Gasteiger partial charge in [0.2, 0.25) is 0 Å². The van der Waals surface area contributed by atoms with Gasteiger partial charge in [0.1, 0.15) is 0 Å². The Hall–Kier alpha value is -1.85. The van der Waals surface area contributed by atoms with Gasteiger partial charge in [-0.25, -0.2) is 4.68 Å². The van der Waals surface area contributed by atoms with Gasteiger partial charge in [0.15, 0.2) is 5.69 Å². The van der Waals surface area contributed by atoms with Gasteiger partial charge >= 0.3 is 0 Å². The van der Waals surface area contributed by atoms with E-state index in [1.54, 1.807) is 40.9 Å². The predicted octanol–water partition coefficient (Wildman–Crippen LogP) is 2.37. The molecular formula is C16H18ClN3O2. The van der Waals surface area contributed by atoms with Crippen molar-refractivity contribution in [2.24, 2.45) is 5.92 Å². The highest BCUT2D eigenvalue weighted by Gasteiger charge is 2.30. The summed E-state index contributed by atoms with van der Waals surface area (Å²) >= 11 is 5.97. The zero-order valence-corrected chi connectivity index (χ0v) is 13.1. The number of rotatable bonds is 3. The van der Waals surface area contributed by atoms with E-state index in [4.69, 9.17) is 11.6 Å². The molecule has 2 unspecified atom stereocenters. The van der Waals surface area contributed by atoms with Gasteiger partial charge in [0, 0.05) is 30.2 Å². The smallest absolute Gasteiger partial charge is 0.274 e. The van der Waals surface area contributed by atoms with Gasteiger partial charge in [-0.3, -0.25) is 4.79 Å². The van der Waals surface area contributed by atoms with Gasteiger partial charge in [-0.2, -0.15) is 5.10 Å². The molecule has 1 aromatic carbocycles. The second-order valence-corrected chi connectivity index (χ2v) is 6.10. The summed E-state index contributed by atoms with van der Waals surface area (Å²) in [6.45, 7) is 3.02. The van der Waals surface area contributed by atoms with Crippen LogP contribution in [0.3, 0.4) is 0 Å². The second-order valence-electron chi connectivity index (χ2n) is 5.67. The lowest BCUT2D eigenvalue weighted by Gasteiger charge is -2.16. The first-order chi connectivity index (χ1) is 10.5. The van der Waals surface area contributed by atoms with Crippen molar-refractivity contribution in [1.29, 1.82) is 0 Å². The normalized spacial score (nSPS) is 19.4. The summed E-state index contributed by atoms with van der Waals surface area (Å²) in [6.07, 6.45) is 2.20. The molecule has 22 heavy (non-hydrogen) atoms. The average Bonchev–Trinajstić information content (AvgIpc) is 3.16. The van der Waals surface area contributed by atoms with E-state index >= 15 is 0 Å². The molecule has 0 spiro atoms. The highest BCUT2D eigenvalue weighted by molar-refractivity contribution is 6.30. The zero-order valence-electron chi connectivity index (χ0n) is 12.3. The van der Waals surface area contributed by atoms with E-state index in [-0.39, 0.29) is 17.9 Å². The third-order valence-electron chi connectivity index (χ3n) is 4.08. The quantitative estimate of drug-likeness (QED) is 0.945. The van der Waals surface area contributed by atoms with Crippen LogP contribution in [0.5, 0.6) is 0 Å². The van der Waals surface area contributed by atoms with Crippen LogP contribution in [-0.4, -0.2) is 44.9 Å². The van der Waals surface area contributed by atoms with Crippen molar-refractivity contribution in [3.8, 4) is 5.69 Å². The Balaban J connectivity index is 1.75. The van der Waals surface area contributed by atoms with Crippen LogP contribution < -0.4 is 0 Å². The van der Waals surface area contributed by atoms with Crippen molar-refractivity contribution in [3.63, 3.8) is 0 Å². The number of carbonyl (C=O) groups is 1. The Morgan fingerprint density at radius 3 is 2.95 bits per heavy atom. The molecule has 1 saturated heterocycles. The van der Waals surface area contributed by atoms with Crippen LogP contribution in [-0.2, 0) is 0 Å². The lowest BCUT2D eigenvalue weighted by atomic mass is 10.0. The van der Waals surface area contributed by atoms with Crippen LogP contribution >= 0.6 is 11.6 Å². The van der Waals surface area contributed by atoms with Crippen molar-refractivity contribution in [2.45, 2.75) is 19.4 Å². The highest BCUT2D eigenvalue weighted by Crippen LogP contribution is 2.21. The maximum atomic E-state index is 12.5. The molecule has 1 amide bonds. The molecule has 0 bridgehead atoms. The molecule has 116 valence electrons. The number of aliphatic hydroxyl groups is 1. The van der Waals surface area contributed by atoms with Gasteiger partial charge in [0.25, 0.3) is 5.91 Å². The van der Waals surface area contributed by atoms with Gasteiger partial charge in [-0.05, 0) is 37.6 Å². The summed E-state index contributed by atoms with van der Waals surface area (Å²) in [5, 5.41) is 14.6. The maximum Gasteiger partial charge on any atom is 0.274 e. The molecule has 2 heterocycles. The standard InChI is InChI=1S/C16H18ClN3O2/c1-11(21)12-5-7-19(10-12)16(22)15-6-8-20(18-15)14-4-2-3-13(17)9-14/h2-4,6,8-9,11-12,21H,5,7,10H2,1H3. The number of benzene rings is 1. The number of halogens is 1. The molecule has 1 N–H and O–H groups in total. The first kappa shape index (κ1) is 15.1. The Labute approximate surface area is 134 Å². The minimum atomic E-state index is -0.387. The fourth-order valence-electron chi connectivity index (χ4n) is 2.73. The van der Waals surface area contributed by atoms with E-state index < -0.39 is 0 Å². The summed E-state index contributed by atoms with van der Waals surface area (Å²) in [5.41, 5.74) is 1.22. The number of aliphatic hydroxyl groups excluding tert-OH is 1. The molecule has 0 radical (unpaired) electrons. The van der Waals surface area contributed by atoms with Crippen molar-refractivity contribution in [2.75, 3.05) is 13.1 Å². The van der Waals surface area contributed by atoms with E-state index in [9.17, 15) is 9.90 Å². The number of hydrogen-bond acceptors (Lipinski definition) is 3. The van der Waals surface area contributed by atoms with Crippen LogP contribution in [0.1, 0.15) is 23.8 Å². The summed E-state index contributed by atoms with van der Waals surface area (Å²) in [6, 6.07) is 9.02. The van der Waals surface area contributed by atoms with Crippen LogP contribution in [0.4, 0.5) is 0 Å². The molecule has 5 nitrogen and oxygen atoms in total. The van der Waals surface area contributed by atoms with Crippen LogP contribution in [0.15, 0.2) is 36.5 Å². The highest BCUT2D eigenvalue weighted by atomic mass is 35.5. The SMILES string of the molecule is CC(O)C1CCN(C(=O)c2ccn(-c3cccc(Cl)c3)n2)C1. The van der Waals surface area contributed by atoms with E-state index in [1.165, 1.54) is 0 Å². The Morgan fingerprint density at radius 2 is 2.27 bits per heavy atom. The van der Waals surface area contributed by atoms with Gasteiger partial charge in [0.05, 0.1) is 11.8 Å². The molecule has 0 saturated carbocycles. The number of hydrogen-bond donors (Lipinski definition) is 1. The van der Waals surface area contributed by atoms with Gasteiger partial charge < -0.3 is 10.0 Å². The molecule has 1 aliphatic rings. The molecular weight excluding hydrogens is 302 g/mol. The van der Waals surface area contributed by atoms with E-state index in [2.05, 4.69) is 5.10 Å². The van der Waals surface area contributed by atoms with Gasteiger partial charge in [-0.1, -0.05) is 17.7 Å². The average molecular weight is 320 g/mol. The van der Waals surface area contributed by atoms with Crippen molar-refractivity contribution in [1.82, 2.24) is 14.7 Å². The molecule has 1 aliphatic heterocycles. The van der Waals surface area contributed by atoms with E-state index in [1.807, 2.05) is 12.1 Å². The third-order valence-corrected chi connectivity index (χ3v) is 4.31. The minimum absolute atomic E-state index is 0.0936. The summed E-state index contributed by atoms with van der Waals surface area (Å²) < 4.78 is 1.64. The Kier molecular flexibility index (Phi) is 4.18. The molecule has 0 aliphatic carbocycles. The summed E-state index contributed by atoms with van der Waals surface area (Å²) in [4.78, 5) is 14.2. The molecule has 2 atom stereocenters. The van der Waals surface area contributed by atoms with Crippen molar-refractivity contribution < 1.29 is 9.90 Å². The van der Waals surface area contributed by atoms with Crippen molar-refractivity contribution in [3.05, 3.63) is 47.2 Å². The molecule has 3 rings (SSSR count). The molecule has 6 heteroatoms. The zero-order chi connectivity index (χ0) is 15.7. The largest absolute Gasteiger partial charge is 0.393 e.